The highest BCUT2D eigenvalue weighted by atomic mass is 16.6. The molecule has 2 amide bonds. The van der Waals surface area contributed by atoms with Crippen LogP contribution in [0.4, 0.5) is 11.4 Å². The lowest BCUT2D eigenvalue weighted by atomic mass is 10.1. The summed E-state index contributed by atoms with van der Waals surface area (Å²) in [6.45, 7) is 5.46. The monoisotopic (exact) mass is 355 g/mol. The number of rotatable bonds is 6. The lowest BCUT2D eigenvalue weighted by Crippen LogP contribution is -2.24. The third kappa shape index (κ3) is 4.66. The van der Waals surface area contributed by atoms with Crippen LogP contribution in [0.25, 0.3) is 0 Å². The number of nitrogens with zero attached hydrogens (tertiary/aromatic N) is 1. The molecule has 2 aromatic rings. The Balaban J connectivity index is 2.01. The Labute approximate surface area is 151 Å². The highest BCUT2D eigenvalue weighted by Gasteiger charge is 2.17. The van der Waals surface area contributed by atoms with E-state index >= 15 is 0 Å². The molecule has 0 radical (unpaired) electrons. The smallest absolute Gasteiger partial charge is 0.273 e. The molecule has 0 aliphatic heterocycles. The van der Waals surface area contributed by atoms with E-state index in [9.17, 15) is 19.7 Å². The van der Waals surface area contributed by atoms with Crippen LogP contribution in [0.15, 0.2) is 42.5 Å². The molecule has 0 heterocycles. The number of anilines is 1. The number of amides is 2. The minimum atomic E-state index is -0.504. The van der Waals surface area contributed by atoms with Gasteiger partial charge in [-0.25, -0.2) is 0 Å². The van der Waals surface area contributed by atoms with Gasteiger partial charge in [-0.2, -0.15) is 0 Å². The molecule has 0 aliphatic carbocycles. The number of nitrogens with one attached hydrogen (secondary N) is 2. The maximum Gasteiger partial charge on any atom is 0.273 e. The van der Waals surface area contributed by atoms with Gasteiger partial charge in [-0.1, -0.05) is 32.0 Å². The molecule has 7 heteroatoms. The maximum absolute atomic E-state index is 12.3. The second kappa shape index (κ2) is 8.24. The fourth-order valence-electron chi connectivity index (χ4n) is 2.34. The van der Waals surface area contributed by atoms with Crippen LogP contribution in [0.5, 0.6) is 0 Å². The second-order valence-electron chi connectivity index (χ2n) is 6.23. The average molecular weight is 355 g/mol. The molecule has 7 nitrogen and oxygen atoms in total. The van der Waals surface area contributed by atoms with Crippen LogP contribution in [-0.2, 0) is 11.3 Å². The van der Waals surface area contributed by atoms with Crippen molar-refractivity contribution in [3.8, 4) is 0 Å². The standard InChI is InChI=1S/C19H21N3O4/c1-12(2)18(23)21-15-9-7-14(8-10-15)11-20-19(24)16-5-4-6-17(13(16)3)22(25)26/h4-10,12H,11H2,1-3H3,(H,20,24)(H,21,23). The van der Waals surface area contributed by atoms with Gasteiger partial charge in [0.15, 0.2) is 0 Å². The van der Waals surface area contributed by atoms with Crippen molar-refractivity contribution in [1.82, 2.24) is 5.32 Å². The normalized spacial score (nSPS) is 10.5. The molecule has 0 unspecified atom stereocenters. The first kappa shape index (κ1) is 19.1. The largest absolute Gasteiger partial charge is 0.348 e. The first-order chi connectivity index (χ1) is 12.3. The van der Waals surface area contributed by atoms with E-state index in [1.54, 1.807) is 37.3 Å². The third-order valence-electron chi connectivity index (χ3n) is 3.95. The molecule has 136 valence electrons. The molecule has 0 aliphatic rings. The van der Waals surface area contributed by atoms with Crippen molar-refractivity contribution in [2.75, 3.05) is 5.32 Å². The van der Waals surface area contributed by atoms with Crippen molar-refractivity contribution < 1.29 is 14.5 Å². The zero-order valence-electron chi connectivity index (χ0n) is 14.9. The van der Waals surface area contributed by atoms with Crippen LogP contribution >= 0.6 is 0 Å². The Morgan fingerprint density at radius 2 is 1.77 bits per heavy atom. The van der Waals surface area contributed by atoms with Crippen molar-refractivity contribution in [2.24, 2.45) is 5.92 Å². The summed E-state index contributed by atoms with van der Waals surface area (Å²) in [5.74, 6) is -0.539. The van der Waals surface area contributed by atoms with Crippen LogP contribution in [0.1, 0.15) is 35.3 Å². The van der Waals surface area contributed by atoms with Crippen molar-refractivity contribution in [3.05, 3.63) is 69.3 Å². The molecule has 0 saturated carbocycles. The molecule has 0 atom stereocenters. The highest BCUT2D eigenvalue weighted by molar-refractivity contribution is 5.96. The fraction of sp³-hybridized carbons (Fsp3) is 0.263. The first-order valence-electron chi connectivity index (χ1n) is 8.21. The molecule has 26 heavy (non-hydrogen) atoms. The van der Waals surface area contributed by atoms with Crippen LogP contribution in [0.2, 0.25) is 0 Å². The third-order valence-corrected chi connectivity index (χ3v) is 3.95. The van der Waals surface area contributed by atoms with E-state index < -0.39 is 4.92 Å². The van der Waals surface area contributed by atoms with Gasteiger partial charge in [-0.3, -0.25) is 19.7 Å². The quantitative estimate of drug-likeness (QED) is 0.612. The van der Waals surface area contributed by atoms with E-state index in [1.807, 2.05) is 13.8 Å². The van der Waals surface area contributed by atoms with E-state index in [4.69, 9.17) is 0 Å². The number of hydrogen-bond donors (Lipinski definition) is 2. The molecular formula is C19H21N3O4. The van der Waals surface area contributed by atoms with Crippen molar-refractivity contribution in [2.45, 2.75) is 27.3 Å². The zero-order valence-corrected chi connectivity index (χ0v) is 14.9. The van der Waals surface area contributed by atoms with E-state index in [0.29, 0.717) is 11.3 Å². The van der Waals surface area contributed by atoms with E-state index in [-0.39, 0.29) is 35.5 Å². The number of carbonyl (C=O) groups is 2. The first-order valence-corrected chi connectivity index (χ1v) is 8.21. The van der Waals surface area contributed by atoms with Crippen molar-refractivity contribution in [3.63, 3.8) is 0 Å². The lowest BCUT2D eigenvalue weighted by Gasteiger charge is -2.10. The predicted molar refractivity (Wildman–Crippen MR) is 98.9 cm³/mol. The van der Waals surface area contributed by atoms with E-state index in [2.05, 4.69) is 10.6 Å². The number of hydrogen-bond acceptors (Lipinski definition) is 4. The zero-order chi connectivity index (χ0) is 19.3. The van der Waals surface area contributed by atoms with Crippen molar-refractivity contribution >= 4 is 23.2 Å². The summed E-state index contributed by atoms with van der Waals surface area (Å²) in [5.41, 5.74) is 2.07. The summed E-state index contributed by atoms with van der Waals surface area (Å²) in [6.07, 6.45) is 0. The summed E-state index contributed by atoms with van der Waals surface area (Å²) in [6, 6.07) is 11.6. The van der Waals surface area contributed by atoms with Gasteiger partial charge in [-0.05, 0) is 30.7 Å². The van der Waals surface area contributed by atoms with Gasteiger partial charge in [0.2, 0.25) is 5.91 Å². The Hall–Kier alpha value is -3.22. The topological polar surface area (TPSA) is 101 Å². The number of nitro groups is 1. The van der Waals surface area contributed by atoms with Gasteiger partial charge in [0.1, 0.15) is 0 Å². The molecule has 2 rings (SSSR count). The van der Waals surface area contributed by atoms with E-state index in [1.165, 1.54) is 12.1 Å². The fourth-order valence-corrected chi connectivity index (χ4v) is 2.34. The Kier molecular flexibility index (Phi) is 6.06. The summed E-state index contributed by atoms with van der Waals surface area (Å²) in [4.78, 5) is 34.4. The Bertz CT molecular complexity index is 829. The van der Waals surface area contributed by atoms with Crippen LogP contribution in [0.3, 0.4) is 0 Å². The van der Waals surface area contributed by atoms with Crippen LogP contribution in [-0.4, -0.2) is 16.7 Å². The molecule has 0 saturated heterocycles. The second-order valence-corrected chi connectivity index (χ2v) is 6.23. The van der Waals surface area contributed by atoms with Crippen molar-refractivity contribution in [1.29, 1.82) is 0 Å². The van der Waals surface area contributed by atoms with Gasteiger partial charge in [0, 0.05) is 35.3 Å². The molecular weight excluding hydrogens is 334 g/mol. The maximum atomic E-state index is 12.3. The lowest BCUT2D eigenvalue weighted by molar-refractivity contribution is -0.385. The van der Waals surface area contributed by atoms with Gasteiger partial charge in [-0.15, -0.1) is 0 Å². The summed E-state index contributed by atoms with van der Waals surface area (Å²) < 4.78 is 0. The van der Waals surface area contributed by atoms with Crippen LogP contribution in [0, 0.1) is 23.0 Å². The van der Waals surface area contributed by atoms with Gasteiger partial charge >= 0.3 is 0 Å². The summed E-state index contributed by atoms with van der Waals surface area (Å²) in [7, 11) is 0. The predicted octanol–water partition coefficient (Wildman–Crippen LogP) is 3.43. The number of nitro benzene ring substituents is 1. The number of benzene rings is 2. The van der Waals surface area contributed by atoms with Crippen LogP contribution < -0.4 is 10.6 Å². The van der Waals surface area contributed by atoms with Gasteiger partial charge in [0.05, 0.1) is 4.92 Å². The minimum absolute atomic E-state index is 0.0628. The molecule has 0 aromatic heterocycles. The summed E-state index contributed by atoms with van der Waals surface area (Å²) in [5, 5.41) is 16.5. The Morgan fingerprint density at radius 1 is 1.12 bits per heavy atom. The SMILES string of the molecule is Cc1c(C(=O)NCc2ccc(NC(=O)C(C)C)cc2)cccc1[N+](=O)[O-]. The molecule has 2 aromatic carbocycles. The molecule has 0 spiro atoms. The van der Waals surface area contributed by atoms with E-state index in [0.717, 1.165) is 5.56 Å². The van der Waals surface area contributed by atoms with Gasteiger partial charge in [0.25, 0.3) is 11.6 Å². The Morgan fingerprint density at radius 3 is 2.35 bits per heavy atom. The highest BCUT2D eigenvalue weighted by Crippen LogP contribution is 2.21. The molecule has 0 fully saturated rings. The van der Waals surface area contributed by atoms with Gasteiger partial charge < -0.3 is 10.6 Å². The molecule has 2 N–H and O–H groups in total. The average Bonchev–Trinajstić information content (AvgIpc) is 2.60. The summed E-state index contributed by atoms with van der Waals surface area (Å²) >= 11 is 0. The minimum Gasteiger partial charge on any atom is -0.348 e. The number of carbonyl (C=O) groups excluding carboxylic acids is 2. The molecule has 0 bridgehead atoms.